The van der Waals surface area contributed by atoms with Crippen molar-refractivity contribution in [3.8, 4) is 0 Å². The first-order chi connectivity index (χ1) is 5.01. The first-order valence-corrected chi connectivity index (χ1v) is 3.95. The topological polar surface area (TPSA) is 37.3 Å². The highest BCUT2D eigenvalue weighted by Crippen LogP contribution is 2.59. The van der Waals surface area contributed by atoms with Gasteiger partial charge in [-0.1, -0.05) is 31.5 Å². The van der Waals surface area contributed by atoms with Gasteiger partial charge in [0.2, 0.25) is 0 Å². The Kier molecular flexibility index (Phi) is 1.97. The highest BCUT2D eigenvalue weighted by atomic mass is 35.5. The molecule has 1 fully saturated rings. The van der Waals surface area contributed by atoms with E-state index in [9.17, 15) is 4.79 Å². The molecule has 0 aliphatic heterocycles. The lowest BCUT2D eigenvalue weighted by Gasteiger charge is -1.95. The molecule has 11 heavy (non-hydrogen) atoms. The van der Waals surface area contributed by atoms with Crippen molar-refractivity contribution in [3.63, 3.8) is 0 Å². The van der Waals surface area contributed by atoms with E-state index in [1.54, 1.807) is 6.08 Å². The van der Waals surface area contributed by atoms with Gasteiger partial charge in [-0.25, -0.2) is 0 Å². The third-order valence-corrected chi connectivity index (χ3v) is 2.60. The minimum absolute atomic E-state index is 0.109. The van der Waals surface area contributed by atoms with Crippen LogP contribution in [0, 0.1) is 17.3 Å². The van der Waals surface area contributed by atoms with Crippen LogP contribution in [0.4, 0.5) is 0 Å². The Morgan fingerprint density at radius 2 is 2.18 bits per heavy atom. The number of hydrogen-bond acceptors (Lipinski definition) is 1. The first kappa shape index (κ1) is 8.60. The van der Waals surface area contributed by atoms with Gasteiger partial charge in [0, 0.05) is 5.54 Å². The molecule has 0 aromatic heterocycles. The van der Waals surface area contributed by atoms with Crippen LogP contribution in [-0.2, 0) is 4.79 Å². The van der Waals surface area contributed by atoms with Crippen molar-refractivity contribution in [2.45, 2.75) is 13.8 Å². The molecule has 0 aromatic carbocycles. The molecule has 62 valence electrons. The maximum atomic E-state index is 10.6. The molecule has 1 rings (SSSR count). The highest BCUT2D eigenvalue weighted by molar-refractivity contribution is 6.25. The fourth-order valence-electron chi connectivity index (χ4n) is 1.59. The molecule has 1 aliphatic rings. The third-order valence-electron chi connectivity index (χ3n) is 2.46. The van der Waals surface area contributed by atoms with Crippen LogP contribution in [0.5, 0.6) is 0 Å². The van der Waals surface area contributed by atoms with Crippen LogP contribution >= 0.6 is 11.6 Å². The van der Waals surface area contributed by atoms with Crippen molar-refractivity contribution < 1.29 is 9.90 Å². The van der Waals surface area contributed by atoms with Crippen LogP contribution < -0.4 is 0 Å². The summed E-state index contributed by atoms with van der Waals surface area (Å²) in [5.41, 5.74) is 1.28. The molecule has 0 saturated heterocycles. The first-order valence-electron chi connectivity index (χ1n) is 3.51. The molecule has 2 atom stereocenters. The van der Waals surface area contributed by atoms with Gasteiger partial charge in [-0.2, -0.15) is 0 Å². The maximum Gasteiger partial charge on any atom is 0.307 e. The molecule has 0 amide bonds. The number of halogens is 1. The van der Waals surface area contributed by atoms with Crippen LogP contribution in [0.25, 0.3) is 0 Å². The van der Waals surface area contributed by atoms with Crippen LogP contribution in [0.3, 0.4) is 0 Å². The lowest BCUT2D eigenvalue weighted by molar-refractivity contribution is -0.139. The summed E-state index contributed by atoms with van der Waals surface area (Å²) >= 11 is 5.36. The predicted octanol–water partition coefficient (Wildman–Crippen LogP) is 2.10. The van der Waals surface area contributed by atoms with Gasteiger partial charge >= 0.3 is 5.97 Å². The minimum Gasteiger partial charge on any atom is -0.481 e. The minimum atomic E-state index is -0.727. The van der Waals surface area contributed by atoms with Crippen LogP contribution in [0.1, 0.15) is 13.8 Å². The van der Waals surface area contributed by atoms with Gasteiger partial charge in [0.05, 0.1) is 5.92 Å². The Morgan fingerprint density at radius 1 is 1.64 bits per heavy atom. The van der Waals surface area contributed by atoms with Crippen molar-refractivity contribution in [2.24, 2.45) is 17.3 Å². The summed E-state index contributed by atoms with van der Waals surface area (Å²) in [7, 11) is 0. The normalized spacial score (nSPS) is 34.1. The van der Waals surface area contributed by atoms with E-state index in [1.165, 1.54) is 5.54 Å². The quantitative estimate of drug-likeness (QED) is 0.696. The van der Waals surface area contributed by atoms with E-state index < -0.39 is 5.97 Å². The molecule has 0 spiro atoms. The van der Waals surface area contributed by atoms with Gasteiger partial charge in [0.25, 0.3) is 0 Å². The van der Waals surface area contributed by atoms with Crippen LogP contribution in [0.15, 0.2) is 11.6 Å². The molecule has 1 N–H and O–H groups in total. The van der Waals surface area contributed by atoms with Crippen molar-refractivity contribution in [3.05, 3.63) is 11.6 Å². The van der Waals surface area contributed by atoms with Crippen LogP contribution in [0.2, 0.25) is 0 Å². The zero-order chi connectivity index (χ0) is 8.65. The molecular weight excluding hydrogens is 164 g/mol. The molecule has 0 heterocycles. The van der Waals surface area contributed by atoms with Gasteiger partial charge in [-0.15, -0.1) is 0 Å². The molecule has 2 nitrogen and oxygen atoms in total. The van der Waals surface area contributed by atoms with E-state index in [4.69, 9.17) is 16.7 Å². The molecule has 0 bridgehead atoms. The van der Waals surface area contributed by atoms with Gasteiger partial charge in [-0.05, 0) is 11.3 Å². The van der Waals surface area contributed by atoms with Gasteiger partial charge in [-0.3, -0.25) is 4.79 Å². The third kappa shape index (κ3) is 1.27. The summed E-state index contributed by atoms with van der Waals surface area (Å²) in [6.07, 6.45) is 1.75. The maximum absolute atomic E-state index is 10.6. The molecular formula is C8H11ClO2. The Bertz CT molecular complexity index is 208. The standard InChI is InChI=1S/C8H11ClO2/c1-8(2)5(3-4-9)6(8)7(10)11/h3-6H,1-2H3,(H,10,11)/b4-3+. The number of aliphatic carboxylic acids is 1. The molecule has 0 radical (unpaired) electrons. The highest BCUT2D eigenvalue weighted by Gasteiger charge is 2.60. The number of allylic oxidation sites excluding steroid dienone is 1. The second kappa shape index (κ2) is 2.52. The van der Waals surface area contributed by atoms with Gasteiger partial charge in [0.1, 0.15) is 0 Å². The van der Waals surface area contributed by atoms with Crippen molar-refractivity contribution >= 4 is 17.6 Å². The second-order valence-electron chi connectivity index (χ2n) is 3.48. The molecule has 1 aliphatic carbocycles. The van der Waals surface area contributed by atoms with E-state index in [0.29, 0.717) is 0 Å². The molecule has 1 saturated carbocycles. The Hall–Kier alpha value is -0.500. The number of rotatable bonds is 2. The lowest BCUT2D eigenvalue weighted by Crippen LogP contribution is -2.02. The smallest absolute Gasteiger partial charge is 0.307 e. The summed E-state index contributed by atoms with van der Waals surface area (Å²) < 4.78 is 0. The predicted molar refractivity (Wildman–Crippen MR) is 43.4 cm³/mol. The summed E-state index contributed by atoms with van der Waals surface area (Å²) in [5, 5.41) is 8.71. The largest absolute Gasteiger partial charge is 0.481 e. The average Bonchev–Trinajstić information content (AvgIpc) is 2.35. The lowest BCUT2D eigenvalue weighted by atomic mass is 10.1. The Morgan fingerprint density at radius 3 is 2.45 bits per heavy atom. The van der Waals surface area contributed by atoms with E-state index in [1.807, 2.05) is 13.8 Å². The number of hydrogen-bond donors (Lipinski definition) is 1. The zero-order valence-corrected chi connectivity index (χ0v) is 7.30. The van der Waals surface area contributed by atoms with Crippen molar-refractivity contribution in [2.75, 3.05) is 0 Å². The van der Waals surface area contributed by atoms with Crippen molar-refractivity contribution in [1.82, 2.24) is 0 Å². The summed E-state index contributed by atoms with van der Waals surface area (Å²) in [4.78, 5) is 10.6. The number of carboxylic acid groups (broad SMARTS) is 1. The second-order valence-corrected chi connectivity index (χ2v) is 3.73. The Balaban J connectivity index is 2.68. The van der Waals surface area contributed by atoms with E-state index in [2.05, 4.69) is 0 Å². The van der Waals surface area contributed by atoms with E-state index in [0.717, 1.165) is 0 Å². The van der Waals surface area contributed by atoms with Crippen LogP contribution in [-0.4, -0.2) is 11.1 Å². The fourth-order valence-corrected chi connectivity index (χ4v) is 1.74. The summed E-state index contributed by atoms with van der Waals surface area (Å²) in [5.74, 6) is -0.871. The van der Waals surface area contributed by atoms with Crippen molar-refractivity contribution in [1.29, 1.82) is 0 Å². The summed E-state index contributed by atoms with van der Waals surface area (Å²) in [6.45, 7) is 3.88. The van der Waals surface area contributed by atoms with Gasteiger partial charge in [0.15, 0.2) is 0 Å². The van der Waals surface area contributed by atoms with Gasteiger partial charge < -0.3 is 5.11 Å². The van der Waals surface area contributed by atoms with E-state index in [-0.39, 0.29) is 17.3 Å². The number of carbonyl (C=O) groups is 1. The Labute approximate surface area is 70.9 Å². The molecule has 2 unspecified atom stereocenters. The summed E-state index contributed by atoms with van der Waals surface area (Å²) in [6, 6.07) is 0. The average molecular weight is 175 g/mol. The monoisotopic (exact) mass is 174 g/mol. The number of carboxylic acids is 1. The van der Waals surface area contributed by atoms with E-state index >= 15 is 0 Å². The molecule has 3 heteroatoms. The zero-order valence-electron chi connectivity index (χ0n) is 6.54. The SMILES string of the molecule is CC1(C)C(/C=C/Cl)C1C(=O)O. The molecule has 0 aromatic rings. The fraction of sp³-hybridized carbons (Fsp3) is 0.625.